The first-order valence-electron chi connectivity index (χ1n) is 7.97. The summed E-state index contributed by atoms with van der Waals surface area (Å²) in [6, 6.07) is 15.6. The maximum absolute atomic E-state index is 12.3. The number of anilines is 1. The van der Waals surface area contributed by atoms with Gasteiger partial charge in [0, 0.05) is 24.3 Å². The second-order valence-corrected chi connectivity index (χ2v) is 7.65. The van der Waals surface area contributed by atoms with Gasteiger partial charge in [-0.2, -0.15) is 0 Å². The van der Waals surface area contributed by atoms with E-state index in [1.54, 1.807) is 36.4 Å². The Morgan fingerprint density at radius 1 is 0.958 bits per heavy atom. The number of hydrogen-bond acceptors (Lipinski definition) is 3. The van der Waals surface area contributed by atoms with Gasteiger partial charge in [-0.15, -0.1) is 0 Å². The van der Waals surface area contributed by atoms with Gasteiger partial charge < -0.3 is 4.90 Å². The van der Waals surface area contributed by atoms with Gasteiger partial charge in [-0.05, 0) is 42.7 Å². The highest BCUT2D eigenvalue weighted by Gasteiger charge is 2.19. The second kappa shape index (κ2) is 7.05. The fourth-order valence-corrected chi connectivity index (χ4v) is 3.99. The molecule has 2 aromatic carbocycles. The molecule has 1 aliphatic heterocycles. The number of sulfonamides is 1. The molecule has 0 atom stereocenters. The Balaban J connectivity index is 1.66. The normalized spacial score (nSPS) is 14.6. The summed E-state index contributed by atoms with van der Waals surface area (Å²) < 4.78 is 27.0. The van der Waals surface area contributed by atoms with Crippen molar-refractivity contribution in [3.8, 4) is 0 Å². The van der Waals surface area contributed by atoms with E-state index in [4.69, 9.17) is 0 Å². The summed E-state index contributed by atoms with van der Waals surface area (Å²) in [6.07, 6.45) is 2.09. The highest BCUT2D eigenvalue weighted by atomic mass is 32.2. The summed E-state index contributed by atoms with van der Waals surface area (Å²) >= 11 is 0. The van der Waals surface area contributed by atoms with Crippen molar-refractivity contribution >= 4 is 21.6 Å². The summed E-state index contributed by atoms with van der Waals surface area (Å²) in [5, 5.41) is 0. The summed E-state index contributed by atoms with van der Waals surface area (Å²) in [6.45, 7) is 1.59. The maximum atomic E-state index is 12.3. The van der Waals surface area contributed by atoms with Crippen LogP contribution in [0.15, 0.2) is 54.6 Å². The van der Waals surface area contributed by atoms with Crippen molar-refractivity contribution in [1.29, 1.82) is 0 Å². The molecule has 1 aliphatic rings. The second-order valence-electron chi connectivity index (χ2n) is 5.92. The number of benzene rings is 2. The minimum Gasteiger partial charge on any atom is -0.339 e. The van der Waals surface area contributed by atoms with E-state index < -0.39 is 10.0 Å². The Hall–Kier alpha value is -2.34. The minimum atomic E-state index is -3.48. The maximum Gasteiger partial charge on any atom is 0.253 e. The van der Waals surface area contributed by atoms with Crippen LogP contribution in [0.5, 0.6) is 0 Å². The molecule has 0 aromatic heterocycles. The van der Waals surface area contributed by atoms with Gasteiger partial charge in [0.25, 0.3) is 5.91 Å². The predicted octanol–water partition coefficient (Wildman–Crippen LogP) is 2.86. The molecule has 24 heavy (non-hydrogen) atoms. The van der Waals surface area contributed by atoms with Gasteiger partial charge >= 0.3 is 0 Å². The number of likely N-dealkylation sites (tertiary alicyclic amines) is 1. The van der Waals surface area contributed by atoms with Gasteiger partial charge in [-0.3, -0.25) is 9.52 Å². The van der Waals surface area contributed by atoms with Crippen LogP contribution in [0.1, 0.15) is 28.8 Å². The molecule has 0 saturated carbocycles. The van der Waals surface area contributed by atoms with Crippen LogP contribution >= 0.6 is 0 Å². The lowest BCUT2D eigenvalue weighted by Gasteiger charge is -2.15. The molecule has 0 unspecified atom stereocenters. The smallest absolute Gasteiger partial charge is 0.253 e. The Bertz CT molecular complexity index is 796. The van der Waals surface area contributed by atoms with Crippen molar-refractivity contribution in [2.45, 2.75) is 18.6 Å². The molecule has 3 rings (SSSR count). The molecule has 0 radical (unpaired) electrons. The molecular weight excluding hydrogens is 324 g/mol. The number of amides is 1. The van der Waals surface area contributed by atoms with Crippen LogP contribution in [0, 0.1) is 0 Å². The van der Waals surface area contributed by atoms with Crippen LogP contribution in [0.3, 0.4) is 0 Å². The monoisotopic (exact) mass is 344 g/mol. The molecule has 1 amide bonds. The van der Waals surface area contributed by atoms with Crippen LogP contribution in [-0.2, 0) is 15.8 Å². The van der Waals surface area contributed by atoms with Gasteiger partial charge in [-0.25, -0.2) is 8.42 Å². The lowest BCUT2D eigenvalue weighted by Crippen LogP contribution is -2.27. The van der Waals surface area contributed by atoms with Crippen LogP contribution in [0.4, 0.5) is 5.69 Å². The van der Waals surface area contributed by atoms with Crippen molar-refractivity contribution in [2.24, 2.45) is 0 Å². The van der Waals surface area contributed by atoms with E-state index in [1.165, 1.54) is 0 Å². The highest BCUT2D eigenvalue weighted by molar-refractivity contribution is 7.91. The predicted molar refractivity (Wildman–Crippen MR) is 94.3 cm³/mol. The standard InChI is InChI=1S/C18H20N2O3S/c21-18(20-12-4-5-13-20)16-8-10-17(11-9-16)19-24(22,23)14-15-6-2-1-3-7-15/h1-3,6-11,19H,4-5,12-14H2. The SMILES string of the molecule is O=C(c1ccc(NS(=O)(=O)Cc2ccccc2)cc1)N1CCCC1. The van der Waals surface area contributed by atoms with Gasteiger partial charge in [0.15, 0.2) is 0 Å². The fraction of sp³-hybridized carbons (Fsp3) is 0.278. The summed E-state index contributed by atoms with van der Waals surface area (Å²) in [4.78, 5) is 14.1. The zero-order valence-corrected chi connectivity index (χ0v) is 14.1. The molecular formula is C18H20N2O3S. The summed E-state index contributed by atoms with van der Waals surface area (Å²) in [5.41, 5.74) is 1.78. The van der Waals surface area contributed by atoms with Crippen molar-refractivity contribution < 1.29 is 13.2 Å². The zero-order valence-electron chi connectivity index (χ0n) is 13.3. The average molecular weight is 344 g/mol. The van der Waals surface area contributed by atoms with E-state index >= 15 is 0 Å². The van der Waals surface area contributed by atoms with E-state index in [0.717, 1.165) is 31.5 Å². The van der Waals surface area contributed by atoms with Gasteiger partial charge in [0.05, 0.1) is 5.75 Å². The first-order chi connectivity index (χ1) is 11.5. The van der Waals surface area contributed by atoms with Gasteiger partial charge in [0.1, 0.15) is 0 Å². The molecule has 1 N–H and O–H groups in total. The van der Waals surface area contributed by atoms with E-state index in [9.17, 15) is 13.2 Å². The minimum absolute atomic E-state index is 0.00573. The van der Waals surface area contributed by atoms with E-state index in [-0.39, 0.29) is 11.7 Å². The molecule has 1 saturated heterocycles. The number of nitrogens with one attached hydrogen (secondary N) is 1. The van der Waals surface area contributed by atoms with Gasteiger partial charge in [0.2, 0.25) is 10.0 Å². The third kappa shape index (κ3) is 4.14. The van der Waals surface area contributed by atoms with Crippen molar-refractivity contribution in [2.75, 3.05) is 17.8 Å². The third-order valence-corrected chi connectivity index (χ3v) is 5.26. The molecule has 6 heteroatoms. The number of rotatable bonds is 5. The summed E-state index contributed by atoms with van der Waals surface area (Å²) in [5.74, 6) is -0.0753. The molecule has 5 nitrogen and oxygen atoms in total. The molecule has 1 fully saturated rings. The van der Waals surface area contributed by atoms with Crippen LogP contribution in [0.25, 0.3) is 0 Å². The Kier molecular flexibility index (Phi) is 4.85. The Morgan fingerprint density at radius 3 is 2.21 bits per heavy atom. The Morgan fingerprint density at radius 2 is 1.58 bits per heavy atom. The number of hydrogen-bond donors (Lipinski definition) is 1. The molecule has 0 bridgehead atoms. The first kappa shape index (κ1) is 16.5. The van der Waals surface area contributed by atoms with Crippen molar-refractivity contribution in [1.82, 2.24) is 4.90 Å². The quantitative estimate of drug-likeness (QED) is 0.907. The molecule has 0 aliphatic carbocycles. The van der Waals surface area contributed by atoms with Gasteiger partial charge in [-0.1, -0.05) is 30.3 Å². The zero-order chi connectivity index (χ0) is 17.0. The highest BCUT2D eigenvalue weighted by Crippen LogP contribution is 2.17. The molecule has 2 aromatic rings. The topological polar surface area (TPSA) is 66.5 Å². The lowest BCUT2D eigenvalue weighted by atomic mass is 10.2. The largest absolute Gasteiger partial charge is 0.339 e. The van der Waals surface area contributed by atoms with E-state index in [2.05, 4.69) is 4.72 Å². The van der Waals surface area contributed by atoms with Crippen LogP contribution in [-0.4, -0.2) is 32.3 Å². The fourth-order valence-electron chi connectivity index (χ4n) is 2.79. The number of carbonyl (C=O) groups is 1. The third-order valence-electron chi connectivity index (χ3n) is 4.00. The number of carbonyl (C=O) groups excluding carboxylic acids is 1. The van der Waals surface area contributed by atoms with Crippen LogP contribution < -0.4 is 4.72 Å². The van der Waals surface area contributed by atoms with E-state index in [1.807, 2.05) is 23.1 Å². The van der Waals surface area contributed by atoms with Crippen molar-refractivity contribution in [3.63, 3.8) is 0 Å². The average Bonchev–Trinajstić information content (AvgIpc) is 3.09. The molecule has 0 spiro atoms. The number of nitrogens with zero attached hydrogens (tertiary/aromatic N) is 1. The summed E-state index contributed by atoms with van der Waals surface area (Å²) in [7, 11) is -3.48. The van der Waals surface area contributed by atoms with E-state index in [0.29, 0.717) is 11.3 Å². The first-order valence-corrected chi connectivity index (χ1v) is 9.62. The van der Waals surface area contributed by atoms with Crippen LogP contribution in [0.2, 0.25) is 0 Å². The van der Waals surface area contributed by atoms with Crippen molar-refractivity contribution in [3.05, 3.63) is 65.7 Å². The molecule has 126 valence electrons. The lowest BCUT2D eigenvalue weighted by molar-refractivity contribution is 0.0793. The molecule has 1 heterocycles. The Labute approximate surface area is 142 Å².